The number of benzene rings is 1. The summed E-state index contributed by atoms with van der Waals surface area (Å²) in [6, 6.07) is 9.14. The molecule has 0 saturated heterocycles. The van der Waals surface area contributed by atoms with Gasteiger partial charge in [-0.1, -0.05) is 31.2 Å². The molecule has 0 heterocycles. The third-order valence-electron chi connectivity index (χ3n) is 3.41. The molecule has 2 atom stereocenters. The zero-order valence-electron chi connectivity index (χ0n) is 10.9. The van der Waals surface area contributed by atoms with Gasteiger partial charge in [-0.25, -0.2) is 0 Å². The normalized spacial score (nSPS) is 20.9. The van der Waals surface area contributed by atoms with Crippen LogP contribution in [0.15, 0.2) is 24.3 Å². The molecule has 2 heteroatoms. The van der Waals surface area contributed by atoms with Crippen LogP contribution in [-0.2, 0) is 11.2 Å². The lowest BCUT2D eigenvalue weighted by Gasteiger charge is -2.27. The molecule has 0 saturated carbocycles. The van der Waals surface area contributed by atoms with Crippen LogP contribution in [0.5, 0.6) is 0 Å². The zero-order chi connectivity index (χ0) is 12.1. The van der Waals surface area contributed by atoms with E-state index in [1.807, 2.05) is 0 Å². The van der Waals surface area contributed by atoms with Crippen molar-refractivity contribution in [3.8, 4) is 0 Å². The molecule has 0 radical (unpaired) electrons. The highest BCUT2D eigenvalue weighted by Gasteiger charge is 2.20. The van der Waals surface area contributed by atoms with Crippen LogP contribution in [0.3, 0.4) is 0 Å². The van der Waals surface area contributed by atoms with E-state index >= 15 is 0 Å². The standard InChI is InChI=1S/C15H23NO/c1-3-16-12(2)11-17-15-10-6-8-13-7-4-5-9-14(13)15/h4-5,7,9,12,15-16H,3,6,8,10-11H2,1-2H3. The van der Waals surface area contributed by atoms with Crippen molar-refractivity contribution >= 4 is 0 Å². The van der Waals surface area contributed by atoms with E-state index in [0.717, 1.165) is 19.6 Å². The molecule has 1 aromatic rings. The van der Waals surface area contributed by atoms with Gasteiger partial charge >= 0.3 is 0 Å². The second-order valence-corrected chi connectivity index (χ2v) is 4.87. The summed E-state index contributed by atoms with van der Waals surface area (Å²) in [5.74, 6) is 0. The van der Waals surface area contributed by atoms with Gasteiger partial charge < -0.3 is 10.1 Å². The molecule has 2 unspecified atom stereocenters. The second-order valence-electron chi connectivity index (χ2n) is 4.87. The number of ether oxygens (including phenoxy) is 1. The van der Waals surface area contributed by atoms with Crippen LogP contribution >= 0.6 is 0 Å². The summed E-state index contributed by atoms with van der Waals surface area (Å²) in [5.41, 5.74) is 2.88. The lowest BCUT2D eigenvalue weighted by Crippen LogP contribution is -2.31. The average Bonchev–Trinajstić information content (AvgIpc) is 2.36. The molecule has 0 aliphatic heterocycles. The van der Waals surface area contributed by atoms with Gasteiger partial charge in [0.05, 0.1) is 12.7 Å². The van der Waals surface area contributed by atoms with Crippen LogP contribution in [-0.4, -0.2) is 19.2 Å². The number of likely N-dealkylation sites (N-methyl/N-ethyl adjacent to an activating group) is 1. The van der Waals surface area contributed by atoms with E-state index in [4.69, 9.17) is 4.74 Å². The van der Waals surface area contributed by atoms with Gasteiger partial charge in [-0.3, -0.25) is 0 Å². The van der Waals surface area contributed by atoms with Gasteiger partial charge in [0.1, 0.15) is 0 Å². The molecule has 1 N–H and O–H groups in total. The van der Waals surface area contributed by atoms with Crippen LogP contribution in [0.4, 0.5) is 0 Å². The van der Waals surface area contributed by atoms with E-state index in [1.54, 1.807) is 0 Å². The SMILES string of the molecule is CCNC(C)COC1CCCc2ccccc21. The van der Waals surface area contributed by atoms with Crippen molar-refractivity contribution in [2.45, 2.75) is 45.3 Å². The number of rotatable bonds is 5. The van der Waals surface area contributed by atoms with Crippen molar-refractivity contribution in [1.82, 2.24) is 5.32 Å². The van der Waals surface area contributed by atoms with Crippen LogP contribution in [0, 0.1) is 0 Å². The van der Waals surface area contributed by atoms with Gasteiger partial charge in [0.2, 0.25) is 0 Å². The Morgan fingerprint density at radius 3 is 3.06 bits per heavy atom. The van der Waals surface area contributed by atoms with Gasteiger partial charge in [-0.2, -0.15) is 0 Å². The van der Waals surface area contributed by atoms with E-state index in [9.17, 15) is 0 Å². The third kappa shape index (κ3) is 3.30. The average molecular weight is 233 g/mol. The van der Waals surface area contributed by atoms with Crippen molar-refractivity contribution in [2.24, 2.45) is 0 Å². The summed E-state index contributed by atoms with van der Waals surface area (Å²) in [6.45, 7) is 6.11. The Morgan fingerprint density at radius 1 is 1.41 bits per heavy atom. The quantitative estimate of drug-likeness (QED) is 0.844. The maximum Gasteiger partial charge on any atom is 0.0828 e. The molecular weight excluding hydrogens is 210 g/mol. The Hall–Kier alpha value is -0.860. The van der Waals surface area contributed by atoms with Gasteiger partial charge in [0.25, 0.3) is 0 Å². The lowest BCUT2D eigenvalue weighted by atomic mass is 9.89. The predicted octanol–water partition coefficient (Wildman–Crippen LogP) is 3.08. The van der Waals surface area contributed by atoms with E-state index in [0.29, 0.717) is 12.1 Å². The fourth-order valence-electron chi connectivity index (χ4n) is 2.55. The van der Waals surface area contributed by atoms with Crippen LogP contribution in [0.2, 0.25) is 0 Å². The Balaban J connectivity index is 1.94. The van der Waals surface area contributed by atoms with Gasteiger partial charge in [-0.05, 0) is 43.9 Å². The van der Waals surface area contributed by atoms with Gasteiger partial charge in [0, 0.05) is 6.04 Å². The minimum atomic E-state index is 0.307. The molecule has 0 fully saturated rings. The van der Waals surface area contributed by atoms with Crippen molar-refractivity contribution < 1.29 is 4.74 Å². The predicted molar refractivity (Wildman–Crippen MR) is 71.2 cm³/mol. The van der Waals surface area contributed by atoms with Crippen LogP contribution < -0.4 is 5.32 Å². The van der Waals surface area contributed by atoms with Crippen molar-refractivity contribution in [3.63, 3.8) is 0 Å². The Morgan fingerprint density at radius 2 is 2.24 bits per heavy atom. The summed E-state index contributed by atoms with van der Waals surface area (Å²) < 4.78 is 6.06. The third-order valence-corrected chi connectivity index (χ3v) is 3.41. The van der Waals surface area contributed by atoms with E-state index in [-0.39, 0.29) is 0 Å². The fourth-order valence-corrected chi connectivity index (χ4v) is 2.55. The van der Waals surface area contributed by atoms with Crippen molar-refractivity contribution in [2.75, 3.05) is 13.2 Å². The molecule has 0 amide bonds. The summed E-state index contributed by atoms with van der Waals surface area (Å²) in [4.78, 5) is 0. The Labute approximate surface area is 104 Å². The molecule has 0 bridgehead atoms. The molecule has 2 nitrogen and oxygen atoms in total. The first kappa shape index (κ1) is 12.6. The van der Waals surface area contributed by atoms with E-state index in [1.165, 1.54) is 24.0 Å². The molecule has 1 aliphatic carbocycles. The molecule has 1 aromatic carbocycles. The summed E-state index contributed by atoms with van der Waals surface area (Å²) >= 11 is 0. The highest BCUT2D eigenvalue weighted by atomic mass is 16.5. The van der Waals surface area contributed by atoms with Crippen LogP contribution in [0.1, 0.15) is 43.9 Å². The summed E-state index contributed by atoms with van der Waals surface area (Å²) in [6.07, 6.45) is 3.92. The minimum Gasteiger partial charge on any atom is -0.372 e. The monoisotopic (exact) mass is 233 g/mol. The number of aryl methyl sites for hydroxylation is 1. The molecule has 0 aromatic heterocycles. The molecule has 0 spiro atoms. The number of hydrogen-bond acceptors (Lipinski definition) is 2. The maximum atomic E-state index is 6.06. The summed E-state index contributed by atoms with van der Waals surface area (Å²) in [7, 11) is 0. The van der Waals surface area contributed by atoms with Gasteiger partial charge in [-0.15, -0.1) is 0 Å². The molecule has 17 heavy (non-hydrogen) atoms. The largest absolute Gasteiger partial charge is 0.372 e. The van der Waals surface area contributed by atoms with Crippen LogP contribution in [0.25, 0.3) is 0 Å². The maximum absolute atomic E-state index is 6.06. The molecule has 1 aliphatic rings. The highest BCUT2D eigenvalue weighted by molar-refractivity contribution is 5.31. The Bertz CT molecular complexity index is 351. The summed E-state index contributed by atoms with van der Waals surface area (Å²) in [5, 5.41) is 3.38. The highest BCUT2D eigenvalue weighted by Crippen LogP contribution is 2.32. The first-order valence-corrected chi connectivity index (χ1v) is 6.74. The van der Waals surface area contributed by atoms with E-state index in [2.05, 4.69) is 43.4 Å². The van der Waals surface area contributed by atoms with E-state index < -0.39 is 0 Å². The first-order valence-electron chi connectivity index (χ1n) is 6.74. The first-order chi connectivity index (χ1) is 8.31. The zero-order valence-corrected chi connectivity index (χ0v) is 10.9. The second kappa shape index (κ2) is 6.18. The molecule has 2 rings (SSSR count). The van der Waals surface area contributed by atoms with Gasteiger partial charge in [0.15, 0.2) is 0 Å². The minimum absolute atomic E-state index is 0.307. The Kier molecular flexibility index (Phi) is 4.57. The van der Waals surface area contributed by atoms with Crippen molar-refractivity contribution in [1.29, 1.82) is 0 Å². The molecule has 94 valence electrons. The lowest BCUT2D eigenvalue weighted by molar-refractivity contribution is 0.0295. The number of hydrogen-bond donors (Lipinski definition) is 1. The fraction of sp³-hybridized carbons (Fsp3) is 0.600. The number of fused-ring (bicyclic) bond motifs is 1. The smallest absolute Gasteiger partial charge is 0.0828 e. The molecular formula is C15H23NO. The topological polar surface area (TPSA) is 21.3 Å². The van der Waals surface area contributed by atoms with Crippen molar-refractivity contribution in [3.05, 3.63) is 35.4 Å². The number of nitrogens with one attached hydrogen (secondary N) is 1.